The van der Waals surface area contributed by atoms with Gasteiger partial charge >= 0.3 is 0 Å². The lowest BCUT2D eigenvalue weighted by Crippen LogP contribution is -2.40. The van der Waals surface area contributed by atoms with E-state index in [2.05, 4.69) is 36.4 Å². The van der Waals surface area contributed by atoms with Gasteiger partial charge in [-0.3, -0.25) is 9.59 Å². The first-order chi connectivity index (χ1) is 12.4. The molecular formula is C20H25N3O2S. The van der Waals surface area contributed by atoms with Crippen LogP contribution in [0.25, 0.3) is 0 Å². The molecule has 0 bridgehead atoms. The number of carbonyl (C=O) groups is 1. The number of nitrogens with one attached hydrogen (secondary N) is 1. The molecule has 6 heteroatoms. The van der Waals surface area contributed by atoms with E-state index in [1.165, 1.54) is 9.58 Å². The minimum atomic E-state index is -0.102. The van der Waals surface area contributed by atoms with Gasteiger partial charge in [-0.15, -0.1) is 11.8 Å². The van der Waals surface area contributed by atoms with Gasteiger partial charge in [-0.2, -0.15) is 5.10 Å². The van der Waals surface area contributed by atoms with Crippen molar-refractivity contribution in [3.8, 4) is 0 Å². The maximum Gasteiger partial charge on any atom is 0.266 e. The van der Waals surface area contributed by atoms with Crippen LogP contribution in [-0.4, -0.2) is 27.0 Å². The molecule has 0 saturated carbocycles. The van der Waals surface area contributed by atoms with E-state index in [-0.39, 0.29) is 17.5 Å². The van der Waals surface area contributed by atoms with Gasteiger partial charge in [0.25, 0.3) is 5.56 Å². The molecule has 1 aliphatic carbocycles. The molecule has 138 valence electrons. The highest BCUT2D eigenvalue weighted by molar-refractivity contribution is 7.99. The molecule has 2 aromatic rings. The number of rotatable bonds is 5. The van der Waals surface area contributed by atoms with Crippen molar-refractivity contribution < 1.29 is 4.79 Å². The van der Waals surface area contributed by atoms with Crippen LogP contribution in [0.5, 0.6) is 0 Å². The Morgan fingerprint density at radius 2 is 2.08 bits per heavy atom. The van der Waals surface area contributed by atoms with Crippen molar-refractivity contribution >= 4 is 17.7 Å². The smallest absolute Gasteiger partial charge is 0.266 e. The van der Waals surface area contributed by atoms with Crippen molar-refractivity contribution in [1.82, 2.24) is 15.1 Å². The number of hydrogen-bond donors (Lipinski definition) is 1. The number of thioether (sulfide) groups is 1. The Morgan fingerprint density at radius 1 is 1.35 bits per heavy atom. The van der Waals surface area contributed by atoms with E-state index in [1.807, 2.05) is 23.9 Å². The molecular weight excluding hydrogens is 346 g/mol. The van der Waals surface area contributed by atoms with Crippen LogP contribution < -0.4 is 10.9 Å². The van der Waals surface area contributed by atoms with Crippen molar-refractivity contribution in [2.75, 3.05) is 0 Å². The number of aryl methyl sites for hydroxylation is 2. The van der Waals surface area contributed by atoms with Gasteiger partial charge in [0.1, 0.15) is 0 Å². The van der Waals surface area contributed by atoms with Crippen molar-refractivity contribution in [1.29, 1.82) is 0 Å². The zero-order chi connectivity index (χ0) is 18.7. The quantitative estimate of drug-likeness (QED) is 0.820. The number of carbonyl (C=O) groups excluding carboxylic acids is 1. The van der Waals surface area contributed by atoms with Crippen LogP contribution in [0.1, 0.15) is 37.1 Å². The third-order valence-electron chi connectivity index (χ3n) is 4.48. The van der Waals surface area contributed by atoms with Gasteiger partial charge in [0.15, 0.2) is 0 Å². The first kappa shape index (κ1) is 18.7. The largest absolute Gasteiger partial charge is 0.353 e. The van der Waals surface area contributed by atoms with E-state index >= 15 is 0 Å². The first-order valence-electron chi connectivity index (χ1n) is 9.02. The molecule has 1 unspecified atom stereocenters. The monoisotopic (exact) mass is 371 g/mol. The van der Waals surface area contributed by atoms with E-state index in [0.29, 0.717) is 18.1 Å². The molecule has 0 spiro atoms. The summed E-state index contributed by atoms with van der Waals surface area (Å²) in [5, 5.41) is 7.97. The van der Waals surface area contributed by atoms with Gasteiger partial charge in [-0.25, -0.2) is 4.68 Å². The molecule has 1 heterocycles. The molecule has 1 amide bonds. The Bertz CT molecular complexity index is 843. The third kappa shape index (κ3) is 4.75. The van der Waals surface area contributed by atoms with Gasteiger partial charge in [0, 0.05) is 29.3 Å². The predicted molar refractivity (Wildman–Crippen MR) is 105 cm³/mol. The molecule has 26 heavy (non-hydrogen) atoms. The Hall–Kier alpha value is -2.08. The van der Waals surface area contributed by atoms with E-state index in [9.17, 15) is 9.59 Å². The van der Waals surface area contributed by atoms with Gasteiger partial charge in [-0.05, 0) is 42.5 Å². The maximum atomic E-state index is 12.4. The molecule has 1 aromatic heterocycles. The van der Waals surface area contributed by atoms with Crippen molar-refractivity contribution in [3.63, 3.8) is 0 Å². The van der Waals surface area contributed by atoms with Crippen LogP contribution in [0.2, 0.25) is 0 Å². The van der Waals surface area contributed by atoms with E-state index in [1.54, 1.807) is 13.1 Å². The zero-order valence-corrected chi connectivity index (χ0v) is 16.3. The summed E-state index contributed by atoms with van der Waals surface area (Å²) in [6, 6.07) is 9.91. The van der Waals surface area contributed by atoms with Crippen LogP contribution in [-0.2, 0) is 31.1 Å². The van der Waals surface area contributed by atoms with Gasteiger partial charge < -0.3 is 5.32 Å². The number of amides is 1. The highest BCUT2D eigenvalue weighted by Crippen LogP contribution is 2.23. The summed E-state index contributed by atoms with van der Waals surface area (Å²) >= 11 is 1.82. The summed E-state index contributed by atoms with van der Waals surface area (Å²) < 4.78 is 1.37. The second-order valence-corrected chi connectivity index (χ2v) is 8.72. The summed E-state index contributed by atoms with van der Waals surface area (Å²) in [7, 11) is 1.67. The molecule has 5 nitrogen and oxygen atoms in total. The Balaban J connectivity index is 1.57. The number of benzene rings is 1. The first-order valence-corrected chi connectivity index (χ1v) is 9.89. The molecule has 0 fully saturated rings. The summed E-state index contributed by atoms with van der Waals surface area (Å²) in [4.78, 5) is 25.4. The number of hydrogen-bond acceptors (Lipinski definition) is 4. The molecule has 3 rings (SSSR count). The fraction of sp³-hybridized carbons (Fsp3) is 0.450. The molecule has 1 atom stereocenters. The normalized spacial score (nSPS) is 16.4. The summed E-state index contributed by atoms with van der Waals surface area (Å²) in [6.07, 6.45) is 2.70. The van der Waals surface area contributed by atoms with Crippen LogP contribution in [0.15, 0.2) is 40.0 Å². The van der Waals surface area contributed by atoms with Crippen LogP contribution in [0.4, 0.5) is 0 Å². The van der Waals surface area contributed by atoms with E-state index in [4.69, 9.17) is 0 Å². The lowest BCUT2D eigenvalue weighted by molar-refractivity contribution is -0.121. The number of nitrogens with zero attached hydrogens (tertiary/aromatic N) is 2. The van der Waals surface area contributed by atoms with Crippen LogP contribution in [0, 0.1) is 0 Å². The molecule has 0 aliphatic heterocycles. The maximum absolute atomic E-state index is 12.4. The minimum absolute atomic E-state index is 0.0273. The molecule has 1 aromatic carbocycles. The van der Waals surface area contributed by atoms with Gasteiger partial charge in [0.2, 0.25) is 5.91 Å². The lowest BCUT2D eigenvalue weighted by Gasteiger charge is -2.25. The zero-order valence-electron chi connectivity index (χ0n) is 15.5. The average Bonchev–Trinajstić information content (AvgIpc) is 2.57. The van der Waals surface area contributed by atoms with Gasteiger partial charge in [-0.1, -0.05) is 26.0 Å². The number of fused-ring (bicyclic) bond motifs is 1. The standard InChI is InChI=1S/C20H25N3O2S/c1-13(2)26-17-7-4-14(5-8-17)10-19(24)21-16-6-9-18-15(11-16)12-20(25)23(3)22-18/h4-5,7-8,12-13,16H,6,9-11H2,1-3H3,(H,21,24). The minimum Gasteiger partial charge on any atom is -0.353 e. The lowest BCUT2D eigenvalue weighted by atomic mass is 9.92. The van der Waals surface area contributed by atoms with E-state index < -0.39 is 0 Å². The summed E-state index contributed by atoms with van der Waals surface area (Å²) in [6.45, 7) is 4.33. The van der Waals surface area contributed by atoms with Crippen LogP contribution in [0.3, 0.4) is 0 Å². The third-order valence-corrected chi connectivity index (χ3v) is 5.49. The molecule has 0 radical (unpaired) electrons. The molecule has 1 N–H and O–H groups in total. The summed E-state index contributed by atoms with van der Waals surface area (Å²) in [5.41, 5.74) is 2.84. The van der Waals surface area contributed by atoms with E-state index in [0.717, 1.165) is 29.7 Å². The number of aromatic nitrogens is 2. The fourth-order valence-corrected chi connectivity index (χ4v) is 4.07. The van der Waals surface area contributed by atoms with Crippen molar-refractivity contribution in [2.45, 2.75) is 55.7 Å². The van der Waals surface area contributed by atoms with Crippen LogP contribution >= 0.6 is 11.8 Å². The second kappa shape index (κ2) is 8.08. The average molecular weight is 372 g/mol. The Labute approximate surface area is 158 Å². The second-order valence-electron chi connectivity index (χ2n) is 7.07. The SMILES string of the molecule is CC(C)Sc1ccc(CC(=O)NC2CCc3nn(C)c(=O)cc3C2)cc1. The molecule has 0 saturated heterocycles. The Morgan fingerprint density at radius 3 is 2.77 bits per heavy atom. The Kier molecular flexibility index (Phi) is 5.81. The highest BCUT2D eigenvalue weighted by atomic mass is 32.2. The van der Waals surface area contributed by atoms with Crippen molar-refractivity contribution in [2.24, 2.45) is 7.05 Å². The fourth-order valence-electron chi connectivity index (χ4n) is 3.23. The molecule has 1 aliphatic rings. The van der Waals surface area contributed by atoms with Gasteiger partial charge in [0.05, 0.1) is 12.1 Å². The topological polar surface area (TPSA) is 64.0 Å². The highest BCUT2D eigenvalue weighted by Gasteiger charge is 2.22. The summed E-state index contributed by atoms with van der Waals surface area (Å²) in [5.74, 6) is 0.0273. The predicted octanol–water partition coefficient (Wildman–Crippen LogP) is 2.50. The van der Waals surface area contributed by atoms with Crippen molar-refractivity contribution in [3.05, 3.63) is 57.5 Å².